The Kier molecular flexibility index (Phi) is 3.83. The summed E-state index contributed by atoms with van der Waals surface area (Å²) in [6, 6.07) is 0.0319. The lowest BCUT2D eigenvalue weighted by Crippen LogP contribution is -2.39. The lowest BCUT2D eigenvalue weighted by atomic mass is 10.0. The molecule has 1 amide bonds. The second-order valence-electron chi connectivity index (χ2n) is 4.33. The van der Waals surface area contributed by atoms with Crippen LogP contribution >= 0.6 is 0 Å². The minimum atomic E-state index is -0.222. The maximum absolute atomic E-state index is 12.0. The fourth-order valence-corrected chi connectivity index (χ4v) is 1.81. The molecule has 2 heterocycles. The highest BCUT2D eigenvalue weighted by Gasteiger charge is 2.33. The van der Waals surface area contributed by atoms with Crippen LogP contribution in [0.3, 0.4) is 0 Å². The van der Waals surface area contributed by atoms with Crippen molar-refractivity contribution in [1.82, 2.24) is 20.5 Å². The molecular formula is C11H17N5O2. The predicted molar refractivity (Wildman–Crippen MR) is 65.1 cm³/mol. The summed E-state index contributed by atoms with van der Waals surface area (Å²) >= 11 is 0. The molecule has 1 aliphatic heterocycles. The summed E-state index contributed by atoms with van der Waals surface area (Å²) in [4.78, 5) is 16.2. The quantitative estimate of drug-likeness (QED) is 0.764. The number of anilines is 1. The zero-order chi connectivity index (χ0) is 13.1. The molecule has 7 nitrogen and oxygen atoms in total. The van der Waals surface area contributed by atoms with E-state index in [1.54, 1.807) is 0 Å². The third-order valence-electron chi connectivity index (χ3n) is 3.12. The van der Waals surface area contributed by atoms with Crippen LogP contribution in [0.1, 0.15) is 11.4 Å². The first-order valence-electron chi connectivity index (χ1n) is 5.85. The van der Waals surface area contributed by atoms with Gasteiger partial charge in [-0.15, -0.1) is 5.10 Å². The maximum atomic E-state index is 12.0. The molecule has 18 heavy (non-hydrogen) atoms. The van der Waals surface area contributed by atoms with Crippen LogP contribution in [0.15, 0.2) is 0 Å². The van der Waals surface area contributed by atoms with Crippen LogP contribution in [0.4, 0.5) is 5.95 Å². The summed E-state index contributed by atoms with van der Waals surface area (Å²) in [6.45, 7) is 4.60. The van der Waals surface area contributed by atoms with E-state index in [9.17, 15) is 4.79 Å². The molecule has 98 valence electrons. The molecule has 7 heteroatoms. The molecule has 2 rings (SSSR count). The molecule has 1 saturated heterocycles. The summed E-state index contributed by atoms with van der Waals surface area (Å²) in [7, 11) is 1.81. The number of nitrogens with one attached hydrogen (secondary N) is 2. The number of rotatable bonds is 3. The molecule has 0 aromatic carbocycles. The van der Waals surface area contributed by atoms with Crippen molar-refractivity contribution >= 4 is 11.9 Å². The van der Waals surface area contributed by atoms with Gasteiger partial charge in [-0.25, -0.2) is 4.98 Å². The van der Waals surface area contributed by atoms with Crippen molar-refractivity contribution in [3.63, 3.8) is 0 Å². The van der Waals surface area contributed by atoms with Gasteiger partial charge < -0.3 is 10.1 Å². The van der Waals surface area contributed by atoms with E-state index in [0.717, 1.165) is 11.4 Å². The molecule has 0 bridgehead atoms. The zero-order valence-corrected chi connectivity index (χ0v) is 10.7. The van der Waals surface area contributed by atoms with Crippen LogP contribution in [-0.2, 0) is 9.53 Å². The number of carbonyl (C=O) groups excluding carboxylic acids is 1. The number of aromatic nitrogens is 3. The normalized spacial score (nSPS) is 23.1. The fourth-order valence-electron chi connectivity index (χ4n) is 1.81. The monoisotopic (exact) mass is 251 g/mol. The van der Waals surface area contributed by atoms with Crippen LogP contribution in [0.5, 0.6) is 0 Å². The van der Waals surface area contributed by atoms with Gasteiger partial charge in [-0.3, -0.25) is 10.1 Å². The summed E-state index contributed by atoms with van der Waals surface area (Å²) < 4.78 is 5.28. The second kappa shape index (κ2) is 5.36. The van der Waals surface area contributed by atoms with Crippen LogP contribution in [0, 0.1) is 19.8 Å². The van der Waals surface area contributed by atoms with Crippen molar-refractivity contribution in [3.8, 4) is 0 Å². The van der Waals surface area contributed by atoms with Crippen molar-refractivity contribution in [1.29, 1.82) is 0 Å². The van der Waals surface area contributed by atoms with E-state index in [0.29, 0.717) is 13.2 Å². The highest BCUT2D eigenvalue weighted by Crippen LogP contribution is 2.15. The van der Waals surface area contributed by atoms with Gasteiger partial charge in [0.05, 0.1) is 30.5 Å². The number of amides is 1. The van der Waals surface area contributed by atoms with E-state index in [1.165, 1.54) is 0 Å². The van der Waals surface area contributed by atoms with Crippen molar-refractivity contribution < 1.29 is 9.53 Å². The van der Waals surface area contributed by atoms with E-state index in [-0.39, 0.29) is 23.8 Å². The molecule has 2 N–H and O–H groups in total. The first-order chi connectivity index (χ1) is 8.61. The maximum Gasteiger partial charge on any atom is 0.249 e. The van der Waals surface area contributed by atoms with Gasteiger partial charge in [-0.1, -0.05) is 0 Å². The fraction of sp³-hybridized carbons (Fsp3) is 0.636. The highest BCUT2D eigenvalue weighted by molar-refractivity contribution is 5.91. The van der Waals surface area contributed by atoms with Gasteiger partial charge in [0.25, 0.3) is 0 Å². The van der Waals surface area contributed by atoms with Gasteiger partial charge in [0.15, 0.2) is 0 Å². The van der Waals surface area contributed by atoms with Gasteiger partial charge in [0.1, 0.15) is 0 Å². The molecule has 0 spiro atoms. The first-order valence-corrected chi connectivity index (χ1v) is 5.85. The minimum Gasteiger partial charge on any atom is -0.379 e. The number of likely N-dealkylation sites (N-methyl/N-ethyl adjacent to an activating group) is 1. The van der Waals surface area contributed by atoms with Crippen LogP contribution in [0.2, 0.25) is 0 Å². The molecule has 0 saturated carbocycles. The first kappa shape index (κ1) is 12.8. The molecule has 2 unspecified atom stereocenters. The Hall–Kier alpha value is -1.60. The van der Waals surface area contributed by atoms with Gasteiger partial charge in [0, 0.05) is 6.04 Å². The van der Waals surface area contributed by atoms with Crippen LogP contribution in [-0.4, -0.2) is 47.4 Å². The number of ether oxygens (including phenoxy) is 1. The largest absolute Gasteiger partial charge is 0.379 e. The van der Waals surface area contributed by atoms with E-state index in [2.05, 4.69) is 25.8 Å². The van der Waals surface area contributed by atoms with E-state index in [4.69, 9.17) is 4.74 Å². The number of hydrogen-bond donors (Lipinski definition) is 2. The zero-order valence-electron chi connectivity index (χ0n) is 10.7. The van der Waals surface area contributed by atoms with Crippen molar-refractivity contribution in [2.75, 3.05) is 25.6 Å². The smallest absolute Gasteiger partial charge is 0.249 e. The summed E-state index contributed by atoms with van der Waals surface area (Å²) in [5.41, 5.74) is 1.51. The lowest BCUT2D eigenvalue weighted by molar-refractivity contribution is -0.120. The van der Waals surface area contributed by atoms with E-state index >= 15 is 0 Å². The van der Waals surface area contributed by atoms with Crippen LogP contribution < -0.4 is 10.6 Å². The Bertz CT molecular complexity index is 451. The Morgan fingerprint density at radius 3 is 2.72 bits per heavy atom. The lowest BCUT2D eigenvalue weighted by Gasteiger charge is -2.15. The van der Waals surface area contributed by atoms with Gasteiger partial charge in [-0.05, 0) is 20.9 Å². The van der Waals surface area contributed by atoms with Crippen LogP contribution in [0.25, 0.3) is 0 Å². The van der Waals surface area contributed by atoms with Gasteiger partial charge in [-0.2, -0.15) is 5.10 Å². The number of carbonyl (C=O) groups is 1. The standard InChI is InChI=1S/C11H17N5O2/c1-6-7(2)15-16-11(13-6)14-10(17)8-4-18-5-9(8)12-3/h8-9,12H,4-5H2,1-3H3,(H,13,14,16,17). The Morgan fingerprint density at radius 2 is 2.06 bits per heavy atom. The molecule has 1 aromatic rings. The summed E-state index contributed by atoms with van der Waals surface area (Å²) in [5.74, 6) is -0.123. The molecule has 0 aliphatic carbocycles. The molecule has 1 aliphatic rings. The Morgan fingerprint density at radius 1 is 1.28 bits per heavy atom. The average Bonchev–Trinajstić information content (AvgIpc) is 2.82. The van der Waals surface area contributed by atoms with Crippen molar-refractivity contribution in [2.24, 2.45) is 5.92 Å². The average molecular weight is 251 g/mol. The number of nitrogens with zero attached hydrogens (tertiary/aromatic N) is 3. The molecule has 0 radical (unpaired) electrons. The van der Waals surface area contributed by atoms with E-state index < -0.39 is 0 Å². The SMILES string of the molecule is CNC1COCC1C(=O)Nc1nnc(C)c(C)n1. The van der Waals surface area contributed by atoms with Gasteiger partial charge >= 0.3 is 0 Å². The summed E-state index contributed by atoms with van der Waals surface area (Å²) in [5, 5.41) is 13.5. The summed E-state index contributed by atoms with van der Waals surface area (Å²) in [6.07, 6.45) is 0. The minimum absolute atomic E-state index is 0.0319. The van der Waals surface area contributed by atoms with Crippen molar-refractivity contribution in [3.05, 3.63) is 11.4 Å². The van der Waals surface area contributed by atoms with Crippen molar-refractivity contribution in [2.45, 2.75) is 19.9 Å². The molecular weight excluding hydrogens is 234 g/mol. The topological polar surface area (TPSA) is 89.0 Å². The van der Waals surface area contributed by atoms with Gasteiger partial charge in [0.2, 0.25) is 11.9 Å². The third-order valence-corrected chi connectivity index (χ3v) is 3.12. The number of hydrogen-bond acceptors (Lipinski definition) is 6. The number of aryl methyl sites for hydroxylation is 2. The second-order valence-corrected chi connectivity index (χ2v) is 4.33. The molecule has 1 fully saturated rings. The Balaban J connectivity index is 2.04. The predicted octanol–water partition coefficient (Wildman–Crippen LogP) is -0.339. The third kappa shape index (κ3) is 2.62. The molecule has 2 atom stereocenters. The Labute approximate surface area is 105 Å². The van der Waals surface area contributed by atoms with E-state index in [1.807, 2.05) is 20.9 Å². The molecule has 1 aromatic heterocycles. The highest BCUT2D eigenvalue weighted by atomic mass is 16.5.